The van der Waals surface area contributed by atoms with Gasteiger partial charge in [0.15, 0.2) is 23.2 Å². The molecule has 180 valence electrons. The Balaban J connectivity index is 5.47. The lowest BCUT2D eigenvalue weighted by molar-refractivity contribution is 0.241. The molecule has 0 atom stereocenters. The van der Waals surface area contributed by atoms with Crippen molar-refractivity contribution in [3.05, 3.63) is 146 Å². The van der Waals surface area contributed by atoms with Gasteiger partial charge in [0, 0.05) is 28.6 Å². The Morgan fingerprint density at radius 2 is 1.12 bits per heavy atom. The Morgan fingerprint density at radius 1 is 0.706 bits per heavy atom. The van der Waals surface area contributed by atoms with Gasteiger partial charge in [-0.3, -0.25) is 4.99 Å². The summed E-state index contributed by atoms with van der Waals surface area (Å²) in [6, 6.07) is 0. The van der Waals surface area contributed by atoms with Gasteiger partial charge >= 0.3 is 0 Å². The third-order valence-electron chi connectivity index (χ3n) is 4.26. The molecular formula is C28H29F4NO. The summed E-state index contributed by atoms with van der Waals surface area (Å²) in [4.78, 5) is 3.96. The number of nitrogens with zero attached hydrogens (tertiary/aromatic N) is 1. The molecule has 0 spiro atoms. The highest BCUT2D eigenvalue weighted by Gasteiger charge is 2.17. The van der Waals surface area contributed by atoms with E-state index in [1.54, 1.807) is 0 Å². The third-order valence-corrected chi connectivity index (χ3v) is 4.26. The Labute approximate surface area is 199 Å². The van der Waals surface area contributed by atoms with Crippen molar-refractivity contribution < 1.29 is 22.3 Å². The Bertz CT molecular complexity index is 1080. The van der Waals surface area contributed by atoms with Crippen molar-refractivity contribution >= 4 is 6.21 Å². The summed E-state index contributed by atoms with van der Waals surface area (Å²) in [6.07, 6.45) is 5.53. The van der Waals surface area contributed by atoms with Gasteiger partial charge in [-0.05, 0) is 23.1 Å². The zero-order chi connectivity index (χ0) is 26.6. The largest absolute Gasteiger partial charge is 0.487 e. The van der Waals surface area contributed by atoms with Gasteiger partial charge in [-0.15, -0.1) is 0 Å². The lowest BCUT2D eigenvalue weighted by Crippen LogP contribution is -1.96. The number of aliphatic imine (C=N–C) groups is 1. The number of allylic oxidation sites excluding steroid dienone is 13. The molecule has 0 aliphatic carbocycles. The summed E-state index contributed by atoms with van der Waals surface area (Å²) in [6.45, 7) is 33.2. The SMILES string of the molecule is C=CCOC(=C)/C(F)=C(/F)C(=C)C(=C)/C=C\C(=C)C(=C)/C(F)=C(/F)C(=C)C(=C)C=NC(=C)CC. The molecule has 0 N–H and O–H groups in total. The van der Waals surface area contributed by atoms with Gasteiger partial charge in [0.1, 0.15) is 6.61 Å². The van der Waals surface area contributed by atoms with E-state index in [1.807, 2.05) is 6.92 Å². The first-order valence-corrected chi connectivity index (χ1v) is 9.89. The lowest BCUT2D eigenvalue weighted by Gasteiger charge is -2.09. The highest BCUT2D eigenvalue weighted by Crippen LogP contribution is 2.30. The summed E-state index contributed by atoms with van der Waals surface area (Å²) < 4.78 is 62.3. The van der Waals surface area contributed by atoms with Crippen molar-refractivity contribution in [2.75, 3.05) is 6.61 Å². The molecule has 0 saturated heterocycles. The van der Waals surface area contributed by atoms with Gasteiger partial charge in [0.25, 0.3) is 0 Å². The molecule has 0 fully saturated rings. The topological polar surface area (TPSA) is 21.6 Å². The third kappa shape index (κ3) is 8.90. The molecule has 0 heterocycles. The zero-order valence-corrected chi connectivity index (χ0v) is 19.5. The average Bonchev–Trinajstić information content (AvgIpc) is 2.84. The van der Waals surface area contributed by atoms with E-state index in [0.717, 1.165) is 0 Å². The predicted octanol–water partition coefficient (Wildman–Crippen LogP) is 8.89. The second-order valence-corrected chi connectivity index (χ2v) is 6.80. The van der Waals surface area contributed by atoms with Crippen LogP contribution in [0.2, 0.25) is 0 Å². The van der Waals surface area contributed by atoms with Crippen LogP contribution in [0.3, 0.4) is 0 Å². The van der Waals surface area contributed by atoms with Crippen LogP contribution >= 0.6 is 0 Å². The van der Waals surface area contributed by atoms with Crippen molar-refractivity contribution in [3.8, 4) is 0 Å². The first kappa shape index (κ1) is 30.1. The maximum Gasteiger partial charge on any atom is 0.200 e. The minimum Gasteiger partial charge on any atom is -0.487 e. The molecule has 0 aromatic heterocycles. The molecule has 0 aliphatic rings. The van der Waals surface area contributed by atoms with Gasteiger partial charge in [-0.2, -0.15) is 4.39 Å². The molecule has 0 unspecified atom stereocenters. The Kier molecular flexibility index (Phi) is 12.6. The lowest BCUT2D eigenvalue weighted by atomic mass is 10.0. The minimum atomic E-state index is -1.36. The summed E-state index contributed by atoms with van der Waals surface area (Å²) >= 11 is 0. The van der Waals surface area contributed by atoms with Crippen LogP contribution in [0.25, 0.3) is 0 Å². The van der Waals surface area contributed by atoms with Crippen LogP contribution in [0.15, 0.2) is 151 Å². The van der Waals surface area contributed by atoms with Crippen LogP contribution in [0.4, 0.5) is 17.6 Å². The average molecular weight is 472 g/mol. The molecule has 2 nitrogen and oxygen atoms in total. The Hall–Kier alpha value is -3.93. The van der Waals surface area contributed by atoms with E-state index >= 15 is 0 Å². The van der Waals surface area contributed by atoms with Crippen molar-refractivity contribution in [1.82, 2.24) is 0 Å². The van der Waals surface area contributed by atoms with Gasteiger partial charge in [-0.1, -0.05) is 84.4 Å². The Morgan fingerprint density at radius 3 is 1.53 bits per heavy atom. The van der Waals surface area contributed by atoms with Crippen LogP contribution in [-0.4, -0.2) is 12.8 Å². The predicted molar refractivity (Wildman–Crippen MR) is 136 cm³/mol. The number of hydrogen-bond donors (Lipinski definition) is 0. The van der Waals surface area contributed by atoms with E-state index in [-0.39, 0.29) is 28.9 Å². The van der Waals surface area contributed by atoms with Gasteiger partial charge in [0.05, 0.1) is 0 Å². The van der Waals surface area contributed by atoms with Crippen LogP contribution in [0.5, 0.6) is 0 Å². The molecule has 0 aromatic rings. The molecule has 6 heteroatoms. The van der Waals surface area contributed by atoms with Crippen molar-refractivity contribution in [1.29, 1.82) is 0 Å². The van der Waals surface area contributed by atoms with Crippen LogP contribution < -0.4 is 0 Å². The quantitative estimate of drug-likeness (QED) is 0.0768. The molecule has 0 rings (SSSR count). The normalized spacial score (nSPS) is 12.5. The second-order valence-electron chi connectivity index (χ2n) is 6.80. The van der Waals surface area contributed by atoms with E-state index in [1.165, 1.54) is 24.4 Å². The van der Waals surface area contributed by atoms with Crippen LogP contribution in [0.1, 0.15) is 13.3 Å². The van der Waals surface area contributed by atoms with E-state index in [4.69, 9.17) is 4.74 Å². The van der Waals surface area contributed by atoms with E-state index in [9.17, 15) is 17.6 Å². The summed E-state index contributed by atoms with van der Waals surface area (Å²) in [5.41, 5.74) is -0.681. The first-order chi connectivity index (χ1) is 15.8. The number of hydrogen-bond acceptors (Lipinski definition) is 2. The number of ether oxygens (including phenoxy) is 1. The van der Waals surface area contributed by atoms with Crippen molar-refractivity contribution in [3.63, 3.8) is 0 Å². The fraction of sp³-hybridized carbons (Fsp3) is 0.107. The maximum absolute atomic E-state index is 14.6. The summed E-state index contributed by atoms with van der Waals surface area (Å²) in [5, 5.41) is 0. The molecular weight excluding hydrogens is 442 g/mol. The summed E-state index contributed by atoms with van der Waals surface area (Å²) in [7, 11) is 0. The van der Waals surface area contributed by atoms with Gasteiger partial charge in [0.2, 0.25) is 5.83 Å². The zero-order valence-electron chi connectivity index (χ0n) is 19.5. The molecule has 0 aromatic carbocycles. The monoisotopic (exact) mass is 471 g/mol. The van der Waals surface area contributed by atoms with E-state index in [2.05, 4.69) is 64.2 Å². The fourth-order valence-corrected chi connectivity index (χ4v) is 1.91. The molecule has 0 saturated carbocycles. The van der Waals surface area contributed by atoms with Crippen molar-refractivity contribution in [2.24, 2.45) is 4.99 Å². The fourth-order valence-electron chi connectivity index (χ4n) is 1.91. The van der Waals surface area contributed by atoms with E-state index in [0.29, 0.717) is 12.1 Å². The smallest absolute Gasteiger partial charge is 0.200 e. The molecule has 0 aliphatic heterocycles. The number of halogens is 4. The van der Waals surface area contributed by atoms with Gasteiger partial charge in [-0.25, -0.2) is 13.2 Å². The van der Waals surface area contributed by atoms with Crippen LogP contribution in [0, 0.1) is 0 Å². The highest BCUT2D eigenvalue weighted by molar-refractivity contribution is 5.86. The van der Waals surface area contributed by atoms with Crippen molar-refractivity contribution in [2.45, 2.75) is 13.3 Å². The molecule has 0 radical (unpaired) electrons. The second kappa shape index (κ2) is 14.3. The summed E-state index contributed by atoms with van der Waals surface area (Å²) in [5.74, 6) is -5.85. The van der Waals surface area contributed by atoms with E-state index < -0.39 is 40.2 Å². The molecule has 34 heavy (non-hydrogen) atoms. The minimum absolute atomic E-state index is 0.0452. The maximum atomic E-state index is 14.6. The number of rotatable bonds is 15. The standard InChI is InChI=1S/C28H29F4NO/c1-11-15-34-24(10)28(32)27(31)22(8)18(4)14-13-17(3)21(7)25(29)26(30)23(9)19(5)16-33-20(6)12-2/h11,13-14,16H,1,3-10,12,15H2,2H3/b14-13-,26-25-,28-27-,33-16?. The first-order valence-electron chi connectivity index (χ1n) is 9.89. The molecule has 0 amide bonds. The van der Waals surface area contributed by atoms with Gasteiger partial charge < -0.3 is 4.74 Å². The molecule has 0 bridgehead atoms. The highest BCUT2D eigenvalue weighted by atomic mass is 19.2. The van der Waals surface area contributed by atoms with Crippen LogP contribution in [-0.2, 0) is 4.74 Å².